The molecule has 0 aliphatic carbocycles. The van der Waals surface area contributed by atoms with E-state index in [2.05, 4.69) is 0 Å². The van der Waals surface area contributed by atoms with Gasteiger partial charge in [0.1, 0.15) is 5.82 Å². The zero-order valence-corrected chi connectivity index (χ0v) is 10.6. The third-order valence-corrected chi connectivity index (χ3v) is 3.52. The van der Waals surface area contributed by atoms with Gasteiger partial charge >= 0.3 is 6.03 Å². The van der Waals surface area contributed by atoms with E-state index in [1.807, 2.05) is 6.92 Å². The van der Waals surface area contributed by atoms with Crippen molar-refractivity contribution in [2.75, 3.05) is 20.1 Å². The van der Waals surface area contributed by atoms with Crippen molar-refractivity contribution in [1.29, 1.82) is 0 Å². The van der Waals surface area contributed by atoms with Gasteiger partial charge in [-0.3, -0.25) is 0 Å². The zero-order valence-electron chi connectivity index (χ0n) is 10.6. The van der Waals surface area contributed by atoms with Crippen LogP contribution in [0.1, 0.15) is 18.5 Å². The van der Waals surface area contributed by atoms with Gasteiger partial charge in [0, 0.05) is 31.7 Å². The summed E-state index contributed by atoms with van der Waals surface area (Å²) < 4.78 is 13.8. The third kappa shape index (κ3) is 2.06. The lowest BCUT2D eigenvalue weighted by Gasteiger charge is -2.21. The molecule has 0 aromatic heterocycles. The number of carbonyl (C=O) groups excluding carboxylic acids is 1. The molecule has 2 rings (SSSR count). The maximum atomic E-state index is 13.8. The Kier molecular flexibility index (Phi) is 3.52. The lowest BCUT2D eigenvalue weighted by Crippen LogP contribution is -2.40. The van der Waals surface area contributed by atoms with Gasteiger partial charge in [0.25, 0.3) is 0 Å². The van der Waals surface area contributed by atoms with Gasteiger partial charge < -0.3 is 15.5 Å². The predicted octanol–water partition coefficient (Wildman–Crippen LogP) is 1.58. The van der Waals surface area contributed by atoms with E-state index >= 15 is 0 Å². The molecule has 1 aromatic rings. The van der Waals surface area contributed by atoms with Gasteiger partial charge in [-0.05, 0) is 13.0 Å². The number of carbonyl (C=O) groups is 1. The number of halogens is 1. The molecule has 1 aliphatic rings. The molecule has 2 amide bonds. The van der Waals surface area contributed by atoms with Gasteiger partial charge in [0.2, 0.25) is 0 Å². The fourth-order valence-corrected chi connectivity index (χ4v) is 2.27. The molecule has 5 heteroatoms. The van der Waals surface area contributed by atoms with Crippen LogP contribution in [0, 0.1) is 5.82 Å². The molecular weight excluding hydrogens is 233 g/mol. The second kappa shape index (κ2) is 4.94. The van der Waals surface area contributed by atoms with Crippen molar-refractivity contribution < 1.29 is 9.18 Å². The molecule has 1 fully saturated rings. The van der Waals surface area contributed by atoms with Crippen LogP contribution in [0.5, 0.6) is 0 Å². The third-order valence-electron chi connectivity index (χ3n) is 3.52. The number of hydrogen-bond donors (Lipinski definition) is 1. The van der Waals surface area contributed by atoms with Crippen LogP contribution in [-0.2, 0) is 0 Å². The number of nitrogens with zero attached hydrogens (tertiary/aromatic N) is 2. The van der Waals surface area contributed by atoms with Crippen LogP contribution in [0.3, 0.4) is 0 Å². The van der Waals surface area contributed by atoms with Crippen molar-refractivity contribution in [3.05, 3.63) is 35.6 Å². The zero-order chi connectivity index (χ0) is 13.3. The Bertz CT molecular complexity index is 452. The summed E-state index contributed by atoms with van der Waals surface area (Å²) in [6.45, 7) is 2.79. The Morgan fingerprint density at radius 2 is 2.17 bits per heavy atom. The first-order valence-corrected chi connectivity index (χ1v) is 6.04. The van der Waals surface area contributed by atoms with E-state index in [9.17, 15) is 9.18 Å². The fourth-order valence-electron chi connectivity index (χ4n) is 2.27. The molecule has 18 heavy (non-hydrogen) atoms. The minimum atomic E-state index is -0.274. The highest BCUT2D eigenvalue weighted by Crippen LogP contribution is 2.30. The van der Waals surface area contributed by atoms with E-state index < -0.39 is 0 Å². The molecule has 1 saturated heterocycles. The van der Waals surface area contributed by atoms with Crippen LogP contribution in [0.2, 0.25) is 0 Å². The molecule has 1 aromatic carbocycles. The Balaban J connectivity index is 2.27. The van der Waals surface area contributed by atoms with Crippen molar-refractivity contribution in [1.82, 2.24) is 9.80 Å². The number of benzene rings is 1. The highest BCUT2D eigenvalue weighted by molar-refractivity contribution is 5.77. The van der Waals surface area contributed by atoms with Crippen molar-refractivity contribution >= 4 is 6.03 Å². The largest absolute Gasteiger partial charge is 0.328 e. The van der Waals surface area contributed by atoms with E-state index in [1.54, 1.807) is 35.0 Å². The Hall–Kier alpha value is -1.62. The summed E-state index contributed by atoms with van der Waals surface area (Å²) in [6, 6.07) is 6.20. The molecule has 2 N–H and O–H groups in total. The van der Waals surface area contributed by atoms with Gasteiger partial charge in [-0.1, -0.05) is 18.2 Å². The summed E-state index contributed by atoms with van der Waals surface area (Å²) in [4.78, 5) is 15.3. The molecular formula is C13H18FN3O. The quantitative estimate of drug-likeness (QED) is 0.886. The second-order valence-corrected chi connectivity index (χ2v) is 4.67. The fraction of sp³-hybridized carbons (Fsp3) is 0.462. The average molecular weight is 251 g/mol. The van der Waals surface area contributed by atoms with Crippen LogP contribution >= 0.6 is 0 Å². The maximum Gasteiger partial charge on any atom is 0.320 e. The van der Waals surface area contributed by atoms with E-state index in [1.165, 1.54) is 6.07 Å². The summed E-state index contributed by atoms with van der Waals surface area (Å²) in [5.74, 6) is -0.274. The average Bonchev–Trinajstić information content (AvgIpc) is 2.67. The van der Waals surface area contributed by atoms with E-state index in [0.717, 1.165) is 0 Å². The number of amides is 2. The monoisotopic (exact) mass is 251 g/mol. The number of nitrogens with two attached hydrogens (primary N) is 1. The van der Waals surface area contributed by atoms with E-state index in [-0.39, 0.29) is 23.9 Å². The first kappa shape index (κ1) is 12.8. The van der Waals surface area contributed by atoms with Crippen molar-refractivity contribution in [3.63, 3.8) is 0 Å². The van der Waals surface area contributed by atoms with Gasteiger partial charge in [-0.25, -0.2) is 9.18 Å². The van der Waals surface area contributed by atoms with Crippen LogP contribution in [-0.4, -0.2) is 42.0 Å². The molecule has 2 unspecified atom stereocenters. The Morgan fingerprint density at radius 3 is 2.78 bits per heavy atom. The summed E-state index contributed by atoms with van der Waals surface area (Å²) >= 11 is 0. The van der Waals surface area contributed by atoms with Crippen LogP contribution in [0.15, 0.2) is 24.3 Å². The van der Waals surface area contributed by atoms with Crippen molar-refractivity contribution in [2.24, 2.45) is 5.73 Å². The Labute approximate surface area is 106 Å². The minimum Gasteiger partial charge on any atom is -0.328 e. The van der Waals surface area contributed by atoms with Gasteiger partial charge in [0.15, 0.2) is 0 Å². The first-order chi connectivity index (χ1) is 8.56. The number of urea groups is 1. The van der Waals surface area contributed by atoms with Crippen molar-refractivity contribution in [2.45, 2.75) is 19.0 Å². The van der Waals surface area contributed by atoms with E-state index in [0.29, 0.717) is 18.7 Å². The molecule has 0 saturated carbocycles. The first-order valence-electron chi connectivity index (χ1n) is 6.04. The number of rotatable bonds is 3. The standard InChI is InChI=1S/C13H18FN3O/c1-9(7-15)17-8-12(16(2)13(17)18)10-5-3-4-6-11(10)14/h3-6,9,12H,7-8,15H2,1-2H3. The molecule has 0 radical (unpaired) electrons. The van der Waals surface area contributed by atoms with Crippen LogP contribution in [0.4, 0.5) is 9.18 Å². The molecule has 98 valence electrons. The van der Waals surface area contributed by atoms with Crippen molar-refractivity contribution in [3.8, 4) is 0 Å². The second-order valence-electron chi connectivity index (χ2n) is 4.67. The lowest BCUT2D eigenvalue weighted by atomic mass is 10.1. The summed E-state index contributed by atoms with van der Waals surface area (Å²) in [5.41, 5.74) is 6.14. The van der Waals surface area contributed by atoms with Gasteiger partial charge in [0.05, 0.1) is 6.04 Å². The minimum absolute atomic E-state index is 0.0308. The molecule has 0 spiro atoms. The predicted molar refractivity (Wildman–Crippen MR) is 67.5 cm³/mol. The van der Waals surface area contributed by atoms with E-state index in [4.69, 9.17) is 5.73 Å². The molecule has 2 atom stereocenters. The topological polar surface area (TPSA) is 49.6 Å². The molecule has 1 heterocycles. The summed E-state index contributed by atoms with van der Waals surface area (Å²) in [5, 5.41) is 0. The summed E-state index contributed by atoms with van der Waals surface area (Å²) in [7, 11) is 1.70. The Morgan fingerprint density at radius 1 is 1.50 bits per heavy atom. The number of likely N-dealkylation sites (N-methyl/N-ethyl adjacent to an activating group) is 1. The highest BCUT2D eigenvalue weighted by Gasteiger charge is 2.38. The SMILES string of the molecule is CC(CN)N1CC(c2ccccc2F)N(C)C1=O. The molecule has 1 aliphatic heterocycles. The molecule has 4 nitrogen and oxygen atoms in total. The normalized spacial score (nSPS) is 21.6. The molecule has 0 bridgehead atoms. The van der Waals surface area contributed by atoms with Gasteiger partial charge in [-0.15, -0.1) is 0 Å². The maximum absolute atomic E-state index is 13.8. The van der Waals surface area contributed by atoms with Crippen LogP contribution in [0.25, 0.3) is 0 Å². The van der Waals surface area contributed by atoms with Gasteiger partial charge in [-0.2, -0.15) is 0 Å². The van der Waals surface area contributed by atoms with Crippen LogP contribution < -0.4 is 5.73 Å². The number of hydrogen-bond acceptors (Lipinski definition) is 2. The highest BCUT2D eigenvalue weighted by atomic mass is 19.1. The lowest BCUT2D eigenvalue weighted by molar-refractivity contribution is 0.185. The smallest absolute Gasteiger partial charge is 0.320 e. The summed E-state index contributed by atoms with van der Waals surface area (Å²) in [6.07, 6.45) is 0.